The van der Waals surface area contributed by atoms with Crippen molar-refractivity contribution in [1.82, 2.24) is 15.2 Å². The Balaban J connectivity index is 1.43. The second-order valence-electron chi connectivity index (χ2n) is 5.69. The Bertz CT molecular complexity index is 1040. The van der Waals surface area contributed by atoms with E-state index >= 15 is 0 Å². The first-order valence-corrected chi connectivity index (χ1v) is 11.1. The highest BCUT2D eigenvalue weighted by molar-refractivity contribution is 7.98. The van der Waals surface area contributed by atoms with Crippen molar-refractivity contribution in [3.63, 3.8) is 0 Å². The van der Waals surface area contributed by atoms with E-state index in [-0.39, 0.29) is 0 Å². The molecule has 6 nitrogen and oxygen atoms in total. The van der Waals surface area contributed by atoms with E-state index < -0.39 is 0 Å². The maximum atomic E-state index is 5.72. The van der Waals surface area contributed by atoms with Crippen LogP contribution in [0.4, 0.5) is 0 Å². The van der Waals surface area contributed by atoms with Gasteiger partial charge in [-0.15, -0.1) is 32.9 Å². The summed E-state index contributed by atoms with van der Waals surface area (Å²) >= 11 is 4.73. The maximum Gasteiger partial charge on any atom is 0.276 e. The molecule has 3 heterocycles. The van der Waals surface area contributed by atoms with Gasteiger partial charge in [0, 0.05) is 16.0 Å². The molecule has 0 aliphatic carbocycles. The number of rotatable bonds is 8. The maximum absolute atomic E-state index is 5.72. The van der Waals surface area contributed by atoms with E-state index in [2.05, 4.69) is 16.3 Å². The van der Waals surface area contributed by atoms with Crippen LogP contribution >= 0.6 is 34.4 Å². The zero-order valence-electron chi connectivity index (χ0n) is 15.2. The van der Waals surface area contributed by atoms with Crippen LogP contribution in [0.5, 0.6) is 11.5 Å². The Morgan fingerprint density at radius 2 is 2.00 bits per heavy atom. The van der Waals surface area contributed by atoms with E-state index in [4.69, 9.17) is 18.9 Å². The molecule has 3 aromatic heterocycles. The number of benzene rings is 1. The molecule has 0 unspecified atom stereocenters. The summed E-state index contributed by atoms with van der Waals surface area (Å²) in [6, 6.07) is 9.86. The topological polar surface area (TPSA) is 70.3 Å². The molecule has 0 amide bonds. The number of thiophene rings is 1. The second kappa shape index (κ2) is 8.76. The van der Waals surface area contributed by atoms with Crippen LogP contribution in [0.3, 0.4) is 0 Å². The van der Waals surface area contributed by atoms with Crippen molar-refractivity contribution in [3.8, 4) is 22.1 Å². The fourth-order valence-corrected chi connectivity index (χ4v) is 4.93. The highest BCUT2D eigenvalue weighted by atomic mass is 32.2. The summed E-state index contributed by atoms with van der Waals surface area (Å²) in [6.07, 6.45) is 0.668. The Morgan fingerprint density at radius 1 is 1.07 bits per heavy atom. The van der Waals surface area contributed by atoms with Crippen LogP contribution in [0.15, 0.2) is 50.7 Å². The number of ether oxygens (including phenoxy) is 2. The van der Waals surface area contributed by atoms with Gasteiger partial charge in [-0.05, 0) is 23.6 Å². The van der Waals surface area contributed by atoms with Gasteiger partial charge in [0.15, 0.2) is 11.5 Å². The number of hydrogen-bond donors (Lipinski definition) is 0. The number of hydrogen-bond acceptors (Lipinski definition) is 9. The van der Waals surface area contributed by atoms with Crippen LogP contribution in [-0.2, 0) is 12.2 Å². The lowest BCUT2D eigenvalue weighted by atomic mass is 10.2. The van der Waals surface area contributed by atoms with Crippen molar-refractivity contribution in [2.75, 3.05) is 14.2 Å². The Labute approximate surface area is 174 Å². The standard InChI is InChI=1S/C19H17N3O3S3/c1-23-15-7-3-6-14(17(15)24-2)18-20-12(10-27-18)11-28-19-22-21-16(25-19)9-13-5-4-8-26-13/h3-8,10H,9,11H2,1-2H3. The van der Waals surface area contributed by atoms with Crippen molar-refractivity contribution >= 4 is 34.4 Å². The van der Waals surface area contributed by atoms with E-state index in [0.29, 0.717) is 34.8 Å². The van der Waals surface area contributed by atoms with Gasteiger partial charge < -0.3 is 13.9 Å². The first kappa shape index (κ1) is 19.0. The monoisotopic (exact) mass is 431 g/mol. The fourth-order valence-electron chi connectivity index (χ4n) is 2.62. The SMILES string of the molecule is COc1cccc(-c2nc(CSc3nnc(Cc4cccs4)o3)cs2)c1OC. The molecule has 9 heteroatoms. The van der Waals surface area contributed by atoms with Gasteiger partial charge in [-0.25, -0.2) is 4.98 Å². The third kappa shape index (κ3) is 4.21. The fraction of sp³-hybridized carbons (Fsp3) is 0.211. The van der Waals surface area contributed by atoms with Gasteiger partial charge >= 0.3 is 0 Å². The van der Waals surface area contributed by atoms with Crippen LogP contribution in [0.2, 0.25) is 0 Å². The number of methoxy groups -OCH3 is 2. The van der Waals surface area contributed by atoms with Gasteiger partial charge in [0.05, 0.1) is 31.9 Å². The minimum Gasteiger partial charge on any atom is -0.493 e. The molecule has 28 heavy (non-hydrogen) atoms. The lowest BCUT2D eigenvalue weighted by molar-refractivity contribution is 0.356. The van der Waals surface area contributed by atoms with E-state index in [9.17, 15) is 0 Å². The van der Waals surface area contributed by atoms with Crippen LogP contribution < -0.4 is 9.47 Å². The van der Waals surface area contributed by atoms with Gasteiger partial charge in [-0.1, -0.05) is 23.9 Å². The van der Waals surface area contributed by atoms with Crippen molar-refractivity contribution in [2.45, 2.75) is 17.4 Å². The predicted octanol–water partition coefficient (Wildman–Crippen LogP) is 5.15. The molecule has 0 saturated carbocycles. The summed E-state index contributed by atoms with van der Waals surface area (Å²) < 4.78 is 16.6. The molecule has 0 saturated heterocycles. The van der Waals surface area contributed by atoms with E-state index in [0.717, 1.165) is 16.3 Å². The van der Waals surface area contributed by atoms with Crippen molar-refractivity contribution in [2.24, 2.45) is 0 Å². The zero-order valence-corrected chi connectivity index (χ0v) is 17.7. The van der Waals surface area contributed by atoms with Gasteiger partial charge in [0.2, 0.25) is 5.89 Å². The Kier molecular flexibility index (Phi) is 5.94. The largest absolute Gasteiger partial charge is 0.493 e. The van der Waals surface area contributed by atoms with Gasteiger partial charge in [0.25, 0.3) is 5.22 Å². The molecule has 0 atom stereocenters. The summed E-state index contributed by atoms with van der Waals surface area (Å²) in [5.41, 5.74) is 1.87. The molecule has 0 bridgehead atoms. The smallest absolute Gasteiger partial charge is 0.276 e. The number of nitrogens with zero attached hydrogens (tertiary/aromatic N) is 3. The summed E-state index contributed by atoms with van der Waals surface area (Å²) in [7, 11) is 3.26. The van der Waals surface area contributed by atoms with Crippen LogP contribution in [0.1, 0.15) is 16.5 Å². The van der Waals surface area contributed by atoms with E-state index in [1.54, 1.807) is 36.9 Å². The number of para-hydroxylation sites is 1. The lowest BCUT2D eigenvalue weighted by Gasteiger charge is -2.10. The number of aromatic nitrogens is 3. The molecule has 144 valence electrons. The predicted molar refractivity (Wildman–Crippen MR) is 112 cm³/mol. The average Bonchev–Trinajstić information content (AvgIpc) is 3.48. The number of thioether (sulfide) groups is 1. The minimum atomic E-state index is 0.556. The molecule has 0 aliphatic heterocycles. The molecular weight excluding hydrogens is 414 g/mol. The molecule has 0 radical (unpaired) electrons. The van der Waals surface area contributed by atoms with Gasteiger partial charge in [-0.2, -0.15) is 0 Å². The molecule has 0 N–H and O–H groups in total. The van der Waals surface area contributed by atoms with E-state index in [1.165, 1.54) is 16.6 Å². The highest BCUT2D eigenvalue weighted by Crippen LogP contribution is 2.39. The molecular formula is C19H17N3O3S3. The average molecular weight is 432 g/mol. The summed E-state index contributed by atoms with van der Waals surface area (Å²) in [5, 5.41) is 13.7. The van der Waals surface area contributed by atoms with Gasteiger partial charge in [-0.3, -0.25) is 0 Å². The Morgan fingerprint density at radius 3 is 2.79 bits per heavy atom. The molecule has 0 fully saturated rings. The zero-order chi connectivity index (χ0) is 19.3. The molecule has 0 aliphatic rings. The molecule has 4 aromatic rings. The van der Waals surface area contributed by atoms with Crippen molar-refractivity contribution in [1.29, 1.82) is 0 Å². The summed E-state index contributed by atoms with van der Waals surface area (Å²) in [5.74, 6) is 2.66. The molecule has 0 spiro atoms. The first-order chi connectivity index (χ1) is 13.8. The van der Waals surface area contributed by atoms with Gasteiger partial charge in [0.1, 0.15) is 5.01 Å². The van der Waals surface area contributed by atoms with Crippen molar-refractivity contribution in [3.05, 3.63) is 57.6 Å². The quantitative estimate of drug-likeness (QED) is 0.357. The second-order valence-corrected chi connectivity index (χ2v) is 8.51. The third-order valence-electron chi connectivity index (χ3n) is 3.88. The first-order valence-electron chi connectivity index (χ1n) is 8.40. The Hall–Kier alpha value is -2.36. The summed E-state index contributed by atoms with van der Waals surface area (Å²) in [4.78, 5) is 5.93. The third-order valence-corrected chi connectivity index (χ3v) is 6.54. The van der Waals surface area contributed by atoms with E-state index in [1.807, 2.05) is 35.0 Å². The number of thiazole rings is 1. The van der Waals surface area contributed by atoms with Crippen LogP contribution in [0, 0.1) is 0 Å². The molecule has 4 rings (SSSR count). The van der Waals surface area contributed by atoms with Crippen LogP contribution in [0.25, 0.3) is 10.6 Å². The summed E-state index contributed by atoms with van der Waals surface area (Å²) in [6.45, 7) is 0. The highest BCUT2D eigenvalue weighted by Gasteiger charge is 2.15. The van der Waals surface area contributed by atoms with Crippen LogP contribution in [-0.4, -0.2) is 29.4 Å². The normalized spacial score (nSPS) is 10.9. The minimum absolute atomic E-state index is 0.556. The molecule has 1 aromatic carbocycles. The lowest BCUT2D eigenvalue weighted by Crippen LogP contribution is -1.93. The van der Waals surface area contributed by atoms with Crippen molar-refractivity contribution < 1.29 is 13.9 Å².